The molecule has 2 aromatic rings. The van der Waals surface area contributed by atoms with Crippen molar-refractivity contribution >= 4 is 35.8 Å². The van der Waals surface area contributed by atoms with Crippen molar-refractivity contribution in [2.75, 3.05) is 33.9 Å². The number of aliphatic imine (C=N–C) groups is 1. The van der Waals surface area contributed by atoms with Crippen molar-refractivity contribution in [1.29, 1.82) is 0 Å². The number of carbonyl (C=O) groups excluding carboxylic acids is 1. The molecule has 0 unspecified atom stereocenters. The molecule has 3 N–H and O–H groups in total. The van der Waals surface area contributed by atoms with Crippen molar-refractivity contribution in [1.82, 2.24) is 10.2 Å². The summed E-state index contributed by atoms with van der Waals surface area (Å²) >= 11 is 0. The van der Waals surface area contributed by atoms with Crippen LogP contribution in [0.1, 0.15) is 29.5 Å². The molecule has 8 heteroatoms. The minimum atomic E-state index is 0. The van der Waals surface area contributed by atoms with Gasteiger partial charge >= 0.3 is 0 Å². The predicted molar refractivity (Wildman–Crippen MR) is 138 cm³/mol. The molecule has 0 radical (unpaired) electrons. The zero-order valence-corrected chi connectivity index (χ0v) is 21.1. The van der Waals surface area contributed by atoms with E-state index in [2.05, 4.69) is 22.4 Å². The Morgan fingerprint density at radius 2 is 1.81 bits per heavy atom. The van der Waals surface area contributed by atoms with E-state index in [1.54, 1.807) is 14.2 Å². The molecule has 3 rings (SSSR count). The quantitative estimate of drug-likeness (QED) is 0.216. The van der Waals surface area contributed by atoms with E-state index < -0.39 is 0 Å². The number of amides is 1. The van der Waals surface area contributed by atoms with E-state index in [-0.39, 0.29) is 29.9 Å². The molecule has 7 nitrogen and oxygen atoms in total. The third-order valence-corrected chi connectivity index (χ3v) is 5.46. The van der Waals surface area contributed by atoms with Gasteiger partial charge in [0.25, 0.3) is 0 Å². The van der Waals surface area contributed by atoms with E-state index >= 15 is 0 Å². The van der Waals surface area contributed by atoms with Gasteiger partial charge in [-0.3, -0.25) is 9.79 Å². The highest BCUT2D eigenvalue weighted by Gasteiger charge is 2.22. The maximum atomic E-state index is 12.6. The fourth-order valence-electron chi connectivity index (χ4n) is 3.72. The van der Waals surface area contributed by atoms with Gasteiger partial charge in [-0.25, -0.2) is 0 Å². The first-order valence-corrected chi connectivity index (χ1v) is 10.7. The fraction of sp³-hybridized carbons (Fsp3) is 0.417. The normalized spacial score (nSPS) is 13.1. The van der Waals surface area contributed by atoms with Gasteiger partial charge in [0.1, 0.15) is 0 Å². The highest BCUT2D eigenvalue weighted by Crippen LogP contribution is 2.33. The summed E-state index contributed by atoms with van der Waals surface area (Å²) in [5.74, 6) is 2.00. The average Bonchev–Trinajstić information content (AvgIpc) is 2.81. The van der Waals surface area contributed by atoms with Gasteiger partial charge in [-0.2, -0.15) is 0 Å². The smallest absolute Gasteiger partial charge is 0.222 e. The fourth-order valence-corrected chi connectivity index (χ4v) is 3.72. The molecule has 0 saturated heterocycles. The minimum absolute atomic E-state index is 0. The highest BCUT2D eigenvalue weighted by atomic mass is 127. The molecule has 0 spiro atoms. The Balaban J connectivity index is 0.00000363. The lowest BCUT2D eigenvalue weighted by atomic mass is 9.98. The van der Waals surface area contributed by atoms with Crippen LogP contribution in [0.3, 0.4) is 0 Å². The van der Waals surface area contributed by atoms with Crippen LogP contribution in [-0.2, 0) is 24.2 Å². The van der Waals surface area contributed by atoms with Gasteiger partial charge in [0, 0.05) is 32.6 Å². The summed E-state index contributed by atoms with van der Waals surface area (Å²) in [7, 11) is 3.26. The van der Waals surface area contributed by atoms with Gasteiger partial charge < -0.3 is 25.4 Å². The van der Waals surface area contributed by atoms with Crippen LogP contribution < -0.4 is 20.5 Å². The SMILES string of the molecule is COc1cc2c(cc1OC)CN(C(=O)CCCN=C(N)NCCc1ccccc1)CC2.I. The Labute approximate surface area is 207 Å². The van der Waals surface area contributed by atoms with Crippen LogP contribution >= 0.6 is 24.0 Å². The van der Waals surface area contributed by atoms with Crippen LogP contribution in [0.15, 0.2) is 47.5 Å². The number of methoxy groups -OCH3 is 2. The van der Waals surface area contributed by atoms with E-state index in [1.807, 2.05) is 35.2 Å². The second-order valence-corrected chi connectivity index (χ2v) is 7.57. The number of rotatable bonds is 9. The molecule has 32 heavy (non-hydrogen) atoms. The third kappa shape index (κ3) is 7.29. The zero-order chi connectivity index (χ0) is 22.1. The second-order valence-electron chi connectivity index (χ2n) is 7.57. The maximum absolute atomic E-state index is 12.6. The van der Waals surface area contributed by atoms with Crippen molar-refractivity contribution in [3.63, 3.8) is 0 Å². The molecule has 1 amide bonds. The van der Waals surface area contributed by atoms with Gasteiger partial charge in [-0.1, -0.05) is 30.3 Å². The zero-order valence-electron chi connectivity index (χ0n) is 18.8. The summed E-state index contributed by atoms with van der Waals surface area (Å²) in [5.41, 5.74) is 9.50. The first kappa shape index (κ1) is 25.8. The van der Waals surface area contributed by atoms with E-state index in [0.29, 0.717) is 44.2 Å². The lowest BCUT2D eigenvalue weighted by Crippen LogP contribution is -2.36. The Bertz CT molecular complexity index is 906. The number of nitrogens with one attached hydrogen (secondary N) is 1. The number of fused-ring (bicyclic) bond motifs is 1. The maximum Gasteiger partial charge on any atom is 0.222 e. The highest BCUT2D eigenvalue weighted by molar-refractivity contribution is 14.0. The van der Waals surface area contributed by atoms with Crippen LogP contribution in [0.25, 0.3) is 0 Å². The molecular weight excluding hydrogens is 519 g/mol. The molecule has 2 aromatic carbocycles. The predicted octanol–water partition coefficient (Wildman–Crippen LogP) is 3.13. The molecule has 1 aliphatic heterocycles. The molecule has 0 fully saturated rings. The molecule has 0 saturated carbocycles. The molecule has 0 bridgehead atoms. The number of benzene rings is 2. The lowest BCUT2D eigenvalue weighted by molar-refractivity contribution is -0.132. The van der Waals surface area contributed by atoms with Crippen LogP contribution in [0, 0.1) is 0 Å². The van der Waals surface area contributed by atoms with Crippen molar-refractivity contribution < 1.29 is 14.3 Å². The standard InChI is InChI=1S/C24H32N4O3.HI/c1-30-21-15-19-11-14-28(17-20(19)16-22(21)31-2)23(29)9-6-12-26-24(25)27-13-10-18-7-4-3-5-8-18;/h3-5,7-8,15-16H,6,9-14,17H2,1-2H3,(H3,25,26,27);1H. The largest absolute Gasteiger partial charge is 0.493 e. The molecule has 174 valence electrons. The molecule has 0 atom stereocenters. The van der Waals surface area contributed by atoms with Crippen molar-refractivity contribution in [3.05, 3.63) is 59.2 Å². The van der Waals surface area contributed by atoms with Gasteiger partial charge in [0.05, 0.1) is 14.2 Å². The number of nitrogens with two attached hydrogens (primary N) is 1. The summed E-state index contributed by atoms with van der Waals surface area (Å²) in [6.45, 7) is 2.58. The van der Waals surface area contributed by atoms with Crippen LogP contribution in [0.2, 0.25) is 0 Å². The van der Waals surface area contributed by atoms with E-state index in [4.69, 9.17) is 15.2 Å². The topological polar surface area (TPSA) is 89.2 Å². The monoisotopic (exact) mass is 552 g/mol. The Kier molecular flexibility index (Phi) is 10.6. The summed E-state index contributed by atoms with van der Waals surface area (Å²) in [4.78, 5) is 18.9. The molecule has 1 aliphatic rings. The number of guanidine groups is 1. The number of hydrogen-bond donors (Lipinski definition) is 2. The number of hydrogen-bond acceptors (Lipinski definition) is 4. The van der Waals surface area contributed by atoms with Gasteiger partial charge in [0.15, 0.2) is 17.5 Å². The number of halogens is 1. The second kappa shape index (κ2) is 13.1. The van der Waals surface area contributed by atoms with E-state index in [9.17, 15) is 4.79 Å². The number of nitrogens with zero attached hydrogens (tertiary/aromatic N) is 2. The minimum Gasteiger partial charge on any atom is -0.493 e. The summed E-state index contributed by atoms with van der Waals surface area (Å²) in [5, 5.41) is 3.12. The van der Waals surface area contributed by atoms with Crippen molar-refractivity contribution in [2.24, 2.45) is 10.7 Å². The first-order chi connectivity index (χ1) is 15.1. The number of ether oxygens (including phenoxy) is 2. The van der Waals surface area contributed by atoms with Crippen LogP contribution in [-0.4, -0.2) is 50.6 Å². The molecule has 0 aliphatic carbocycles. The van der Waals surface area contributed by atoms with Crippen molar-refractivity contribution in [3.8, 4) is 11.5 Å². The van der Waals surface area contributed by atoms with Gasteiger partial charge in [0.2, 0.25) is 5.91 Å². The van der Waals surface area contributed by atoms with Crippen LogP contribution in [0.5, 0.6) is 11.5 Å². The van der Waals surface area contributed by atoms with E-state index in [1.165, 1.54) is 11.1 Å². The van der Waals surface area contributed by atoms with Crippen molar-refractivity contribution in [2.45, 2.75) is 32.2 Å². The summed E-state index contributed by atoms with van der Waals surface area (Å²) in [6, 6.07) is 14.2. The number of carbonyl (C=O) groups is 1. The third-order valence-electron chi connectivity index (χ3n) is 5.46. The average molecular weight is 552 g/mol. The van der Waals surface area contributed by atoms with E-state index in [0.717, 1.165) is 30.7 Å². The first-order valence-electron chi connectivity index (χ1n) is 10.7. The van der Waals surface area contributed by atoms with Crippen LogP contribution in [0.4, 0.5) is 0 Å². The van der Waals surface area contributed by atoms with Gasteiger partial charge in [-0.05, 0) is 48.1 Å². The Hall–Kier alpha value is -2.49. The Morgan fingerprint density at radius 3 is 2.50 bits per heavy atom. The van der Waals surface area contributed by atoms with Gasteiger partial charge in [-0.15, -0.1) is 24.0 Å². The lowest BCUT2D eigenvalue weighted by Gasteiger charge is -2.29. The molecule has 1 heterocycles. The summed E-state index contributed by atoms with van der Waals surface area (Å²) in [6.07, 6.45) is 2.85. The summed E-state index contributed by atoms with van der Waals surface area (Å²) < 4.78 is 10.8. The molecule has 0 aromatic heterocycles. The Morgan fingerprint density at radius 1 is 1.12 bits per heavy atom. The molecular formula is C24H33IN4O3.